The molecule has 2 N–H and O–H groups in total. The van der Waals surface area contributed by atoms with E-state index in [2.05, 4.69) is 21.0 Å². The van der Waals surface area contributed by atoms with Gasteiger partial charge >= 0.3 is 8.25 Å². The van der Waals surface area contributed by atoms with Crippen LogP contribution in [0.25, 0.3) is 28.0 Å². The maximum atomic E-state index is 8.70. The summed E-state index contributed by atoms with van der Waals surface area (Å²) in [5.74, 6) is 0.749. The van der Waals surface area contributed by atoms with Gasteiger partial charge < -0.3 is 4.57 Å². The highest BCUT2D eigenvalue weighted by atomic mass is 31.1. The largest absolute Gasteiger partial charge is 0.692 e. The fraction of sp³-hybridized carbons (Fsp3) is 0. The number of hydrogen-bond acceptors (Lipinski definition) is 4. The van der Waals surface area contributed by atoms with Crippen LogP contribution in [0, 0.1) is 0 Å². The molecule has 7 nitrogen and oxygen atoms in total. The average molecular weight is 353 g/mol. The fourth-order valence-corrected chi connectivity index (χ4v) is 2.32. The SMILES string of the molecule is O=[P+](O)O.c1ccc(-c2ncc3cc(-n4ccnc4)ccc3n2)cc1. The molecule has 2 aromatic carbocycles. The molecule has 0 unspecified atom stereocenters. The van der Waals surface area contributed by atoms with E-state index in [9.17, 15) is 0 Å². The number of benzene rings is 2. The lowest BCUT2D eigenvalue weighted by Gasteiger charge is -2.05. The zero-order chi connectivity index (χ0) is 17.6. The van der Waals surface area contributed by atoms with Crippen LogP contribution in [0.5, 0.6) is 0 Å². The van der Waals surface area contributed by atoms with Gasteiger partial charge in [-0.2, -0.15) is 0 Å². The van der Waals surface area contributed by atoms with Crippen LogP contribution >= 0.6 is 8.25 Å². The second kappa shape index (κ2) is 7.72. The average Bonchev–Trinajstić information content (AvgIpc) is 3.16. The first kappa shape index (κ1) is 16.9. The monoisotopic (exact) mass is 353 g/mol. The number of fused-ring (bicyclic) bond motifs is 1. The van der Waals surface area contributed by atoms with Crippen LogP contribution in [0.4, 0.5) is 0 Å². The molecule has 2 aromatic heterocycles. The van der Waals surface area contributed by atoms with Crippen LogP contribution in [0.3, 0.4) is 0 Å². The van der Waals surface area contributed by atoms with Gasteiger partial charge in [0, 0.05) is 39.8 Å². The summed E-state index contributed by atoms with van der Waals surface area (Å²) in [6.07, 6.45) is 7.32. The normalized spacial score (nSPS) is 10.2. The third-order valence-electron chi connectivity index (χ3n) is 3.40. The lowest BCUT2D eigenvalue weighted by atomic mass is 10.2. The van der Waals surface area contributed by atoms with Gasteiger partial charge in [0.1, 0.15) is 0 Å². The number of nitrogens with zero attached hydrogens (tertiary/aromatic N) is 4. The molecule has 0 radical (unpaired) electrons. The van der Waals surface area contributed by atoms with Gasteiger partial charge in [0.25, 0.3) is 0 Å². The zero-order valence-corrected chi connectivity index (χ0v) is 13.9. The predicted octanol–water partition coefficient (Wildman–Crippen LogP) is 3.11. The minimum absolute atomic E-state index is 0.749. The summed E-state index contributed by atoms with van der Waals surface area (Å²) in [5.41, 5.74) is 3.02. The molecule has 0 aliphatic rings. The van der Waals surface area contributed by atoms with E-state index in [1.807, 2.05) is 59.4 Å². The van der Waals surface area contributed by atoms with Crippen LogP contribution in [-0.2, 0) is 4.57 Å². The molecule has 0 aliphatic heterocycles. The summed E-state index contributed by atoms with van der Waals surface area (Å²) >= 11 is 0. The first-order valence-electron chi connectivity index (χ1n) is 7.29. The van der Waals surface area contributed by atoms with Crippen LogP contribution in [0.15, 0.2) is 73.4 Å². The molecule has 0 atom stereocenters. The quantitative estimate of drug-likeness (QED) is 0.537. The fourth-order valence-electron chi connectivity index (χ4n) is 2.32. The van der Waals surface area contributed by atoms with Gasteiger partial charge in [-0.25, -0.2) is 15.0 Å². The van der Waals surface area contributed by atoms with Crippen molar-refractivity contribution in [3.63, 3.8) is 0 Å². The Morgan fingerprint density at radius 3 is 2.48 bits per heavy atom. The Hall–Kier alpha value is -2.99. The minimum atomic E-state index is -2.87. The van der Waals surface area contributed by atoms with Crippen molar-refractivity contribution in [1.29, 1.82) is 0 Å². The van der Waals surface area contributed by atoms with Gasteiger partial charge in [-0.1, -0.05) is 30.3 Å². The highest BCUT2D eigenvalue weighted by Crippen LogP contribution is 2.20. The van der Waals surface area contributed by atoms with Gasteiger partial charge in [0.2, 0.25) is 0 Å². The summed E-state index contributed by atoms with van der Waals surface area (Å²) in [6, 6.07) is 16.1. The van der Waals surface area contributed by atoms with Crippen molar-refractivity contribution in [1.82, 2.24) is 19.5 Å². The molecule has 0 fully saturated rings. The smallest absolute Gasteiger partial charge is 0.306 e. The van der Waals surface area contributed by atoms with Crippen LogP contribution in [0.2, 0.25) is 0 Å². The van der Waals surface area contributed by atoms with Crippen molar-refractivity contribution >= 4 is 19.2 Å². The number of aromatic nitrogens is 4. The van der Waals surface area contributed by atoms with Crippen molar-refractivity contribution in [2.75, 3.05) is 0 Å². The molecule has 0 aliphatic carbocycles. The van der Waals surface area contributed by atoms with E-state index in [-0.39, 0.29) is 0 Å². The molecule has 0 saturated heterocycles. The molecule has 4 rings (SSSR count). The number of rotatable bonds is 2. The van der Waals surface area contributed by atoms with E-state index in [1.165, 1.54) is 0 Å². The van der Waals surface area contributed by atoms with E-state index in [4.69, 9.17) is 14.4 Å². The minimum Gasteiger partial charge on any atom is -0.306 e. The molecule has 25 heavy (non-hydrogen) atoms. The van der Waals surface area contributed by atoms with E-state index >= 15 is 0 Å². The highest BCUT2D eigenvalue weighted by molar-refractivity contribution is 7.30. The lowest BCUT2D eigenvalue weighted by Crippen LogP contribution is -1.93. The summed E-state index contributed by atoms with van der Waals surface area (Å²) in [5, 5.41) is 1.01. The molecule has 0 bridgehead atoms. The van der Waals surface area contributed by atoms with Crippen molar-refractivity contribution in [3.05, 3.63) is 73.4 Å². The van der Waals surface area contributed by atoms with Crippen molar-refractivity contribution in [2.45, 2.75) is 0 Å². The van der Waals surface area contributed by atoms with Gasteiger partial charge in [-0.05, 0) is 18.2 Å². The third-order valence-corrected chi connectivity index (χ3v) is 3.40. The molecular formula is C17H14N4O3P+. The van der Waals surface area contributed by atoms with Gasteiger partial charge in [-0.3, -0.25) is 0 Å². The molecule has 0 spiro atoms. The Morgan fingerprint density at radius 2 is 1.80 bits per heavy atom. The molecule has 0 amide bonds. The first-order chi connectivity index (χ1) is 12.1. The third kappa shape index (κ3) is 4.30. The van der Waals surface area contributed by atoms with Gasteiger partial charge in [0.15, 0.2) is 5.82 Å². The van der Waals surface area contributed by atoms with E-state index < -0.39 is 8.25 Å². The summed E-state index contributed by atoms with van der Waals surface area (Å²) in [4.78, 5) is 27.4. The second-order valence-corrected chi connectivity index (χ2v) is 5.53. The number of hydrogen-bond donors (Lipinski definition) is 2. The standard InChI is InChI=1S/C17H12N4.HO3P/c1-2-4-13(5-3-1)17-19-11-14-10-15(6-7-16(14)20-17)21-9-8-18-12-21;1-4(2)3/h1-12H;(H-,1,2,3)/p+1. The van der Waals surface area contributed by atoms with E-state index in [1.54, 1.807) is 12.5 Å². The summed E-state index contributed by atoms with van der Waals surface area (Å²) < 4.78 is 10.7. The summed E-state index contributed by atoms with van der Waals surface area (Å²) in [6.45, 7) is 0. The van der Waals surface area contributed by atoms with E-state index in [0.717, 1.165) is 28.0 Å². The van der Waals surface area contributed by atoms with Crippen LogP contribution in [-0.4, -0.2) is 29.3 Å². The topological polar surface area (TPSA) is 101 Å². The maximum absolute atomic E-state index is 8.70. The van der Waals surface area contributed by atoms with Crippen LogP contribution in [0.1, 0.15) is 0 Å². The molecular weight excluding hydrogens is 339 g/mol. The van der Waals surface area contributed by atoms with Crippen molar-refractivity contribution < 1.29 is 14.4 Å². The lowest BCUT2D eigenvalue weighted by molar-refractivity contribution is 0.405. The summed E-state index contributed by atoms with van der Waals surface area (Å²) in [7, 11) is -2.87. The second-order valence-electron chi connectivity index (χ2n) is 5.03. The van der Waals surface area contributed by atoms with Crippen molar-refractivity contribution in [3.8, 4) is 17.1 Å². The Bertz CT molecular complexity index is 987. The Labute approximate surface area is 144 Å². The van der Waals surface area contributed by atoms with E-state index in [0.29, 0.717) is 0 Å². The predicted molar refractivity (Wildman–Crippen MR) is 94.1 cm³/mol. The van der Waals surface area contributed by atoms with Gasteiger partial charge in [0.05, 0.1) is 11.8 Å². The van der Waals surface area contributed by atoms with Crippen molar-refractivity contribution in [2.24, 2.45) is 0 Å². The zero-order valence-electron chi connectivity index (χ0n) is 13.0. The number of imidazole rings is 1. The van der Waals surface area contributed by atoms with Crippen LogP contribution < -0.4 is 0 Å². The van der Waals surface area contributed by atoms with Gasteiger partial charge in [-0.15, -0.1) is 9.79 Å². The molecule has 0 saturated carbocycles. The Balaban J connectivity index is 0.000000415. The molecule has 124 valence electrons. The first-order valence-corrected chi connectivity index (χ1v) is 8.45. The Kier molecular flexibility index (Phi) is 5.20. The maximum Gasteiger partial charge on any atom is 0.692 e. The highest BCUT2D eigenvalue weighted by Gasteiger charge is 2.04. The molecule has 8 heteroatoms. The molecule has 2 heterocycles. The Morgan fingerprint density at radius 1 is 1.04 bits per heavy atom. The molecule has 4 aromatic rings.